The van der Waals surface area contributed by atoms with Gasteiger partial charge in [-0.05, 0) is 23.8 Å². The summed E-state index contributed by atoms with van der Waals surface area (Å²) in [7, 11) is 3.20. The number of aromatic nitrogens is 3. The molecule has 2 N–H and O–H groups in total. The molecule has 0 unspecified atom stereocenters. The minimum atomic E-state index is 0.386. The molecule has 1 heterocycles. The van der Waals surface area contributed by atoms with Crippen LogP contribution in [-0.2, 0) is 6.54 Å². The van der Waals surface area contributed by atoms with Crippen molar-refractivity contribution in [3.63, 3.8) is 0 Å². The Morgan fingerprint density at radius 2 is 1.92 bits per heavy atom. The Morgan fingerprint density at radius 1 is 1.08 bits per heavy atom. The summed E-state index contributed by atoms with van der Waals surface area (Å²) >= 11 is 6.16. The van der Waals surface area contributed by atoms with Gasteiger partial charge in [0.25, 0.3) is 0 Å². The number of halogens is 1. The number of benzene rings is 2. The first-order valence-corrected chi connectivity index (χ1v) is 8.23. The molecule has 0 aliphatic heterocycles. The number of ether oxygens (including phenoxy) is 2. The fourth-order valence-electron chi connectivity index (χ4n) is 2.30. The van der Waals surface area contributed by atoms with Gasteiger partial charge in [-0.1, -0.05) is 29.8 Å². The summed E-state index contributed by atoms with van der Waals surface area (Å²) in [5, 5.41) is 14.9. The average molecular weight is 372 g/mol. The van der Waals surface area contributed by atoms with E-state index in [0.29, 0.717) is 40.5 Å². The zero-order valence-electron chi connectivity index (χ0n) is 14.4. The minimum Gasteiger partial charge on any atom is -0.497 e. The molecule has 26 heavy (non-hydrogen) atoms. The van der Waals surface area contributed by atoms with Gasteiger partial charge in [-0.15, -0.1) is 5.10 Å². The van der Waals surface area contributed by atoms with Crippen LogP contribution in [0.3, 0.4) is 0 Å². The second-order valence-electron chi connectivity index (χ2n) is 5.30. The van der Waals surface area contributed by atoms with Crippen LogP contribution in [0.2, 0.25) is 5.02 Å². The lowest BCUT2D eigenvalue weighted by Gasteiger charge is -2.12. The van der Waals surface area contributed by atoms with Crippen LogP contribution in [0, 0.1) is 0 Å². The first kappa shape index (κ1) is 17.8. The molecule has 0 amide bonds. The predicted octanol–water partition coefficient (Wildman–Crippen LogP) is 3.90. The molecule has 3 aromatic rings. The molecule has 0 aliphatic carbocycles. The van der Waals surface area contributed by atoms with Crippen molar-refractivity contribution in [2.75, 3.05) is 24.9 Å². The fourth-order valence-corrected chi connectivity index (χ4v) is 2.51. The van der Waals surface area contributed by atoms with Gasteiger partial charge in [0.05, 0.1) is 26.1 Å². The summed E-state index contributed by atoms with van der Waals surface area (Å²) in [6, 6.07) is 13.0. The van der Waals surface area contributed by atoms with Crippen LogP contribution in [0.15, 0.2) is 48.7 Å². The van der Waals surface area contributed by atoms with Crippen molar-refractivity contribution in [1.82, 2.24) is 15.2 Å². The molecular formula is C18H18ClN5O2. The van der Waals surface area contributed by atoms with Gasteiger partial charge < -0.3 is 20.1 Å². The van der Waals surface area contributed by atoms with E-state index in [1.807, 2.05) is 42.5 Å². The Hall–Kier alpha value is -3.06. The van der Waals surface area contributed by atoms with Gasteiger partial charge in [0, 0.05) is 17.6 Å². The SMILES string of the molecule is COc1ccc(OC)c(Nc2cnnc(NCc3ccccc3Cl)n2)c1. The van der Waals surface area contributed by atoms with Gasteiger partial charge >= 0.3 is 0 Å². The third-order valence-electron chi connectivity index (χ3n) is 3.62. The first-order valence-electron chi connectivity index (χ1n) is 7.85. The molecule has 0 radical (unpaired) electrons. The van der Waals surface area contributed by atoms with Gasteiger partial charge in [0.15, 0.2) is 5.82 Å². The van der Waals surface area contributed by atoms with Crippen molar-refractivity contribution in [2.24, 2.45) is 0 Å². The number of hydrogen-bond donors (Lipinski definition) is 2. The maximum atomic E-state index is 6.16. The monoisotopic (exact) mass is 371 g/mol. The molecule has 1 aromatic heterocycles. The summed E-state index contributed by atoms with van der Waals surface area (Å²) < 4.78 is 10.6. The van der Waals surface area contributed by atoms with E-state index in [2.05, 4.69) is 25.8 Å². The topological polar surface area (TPSA) is 81.2 Å². The van der Waals surface area contributed by atoms with Crippen LogP contribution in [-0.4, -0.2) is 29.4 Å². The van der Waals surface area contributed by atoms with Crippen molar-refractivity contribution in [3.8, 4) is 11.5 Å². The predicted molar refractivity (Wildman–Crippen MR) is 101 cm³/mol. The first-order chi connectivity index (χ1) is 12.7. The third kappa shape index (κ3) is 4.31. The second-order valence-corrected chi connectivity index (χ2v) is 5.71. The molecule has 0 atom stereocenters. The lowest BCUT2D eigenvalue weighted by atomic mass is 10.2. The van der Waals surface area contributed by atoms with Crippen LogP contribution >= 0.6 is 11.6 Å². The molecule has 134 valence electrons. The van der Waals surface area contributed by atoms with Gasteiger partial charge in [-0.2, -0.15) is 10.1 Å². The van der Waals surface area contributed by atoms with Crippen LogP contribution in [0.1, 0.15) is 5.56 Å². The van der Waals surface area contributed by atoms with E-state index >= 15 is 0 Å². The number of anilines is 3. The number of hydrogen-bond acceptors (Lipinski definition) is 7. The molecule has 0 fully saturated rings. The summed E-state index contributed by atoms with van der Waals surface area (Å²) in [4.78, 5) is 4.41. The van der Waals surface area contributed by atoms with E-state index in [9.17, 15) is 0 Å². The molecule has 0 saturated carbocycles. The largest absolute Gasteiger partial charge is 0.497 e. The van der Waals surface area contributed by atoms with Gasteiger partial charge in [-0.25, -0.2) is 0 Å². The zero-order chi connectivity index (χ0) is 18.4. The van der Waals surface area contributed by atoms with E-state index < -0.39 is 0 Å². The highest BCUT2D eigenvalue weighted by molar-refractivity contribution is 6.31. The van der Waals surface area contributed by atoms with E-state index in [0.717, 1.165) is 5.56 Å². The highest BCUT2D eigenvalue weighted by Gasteiger charge is 2.08. The third-order valence-corrected chi connectivity index (χ3v) is 3.99. The number of methoxy groups -OCH3 is 2. The van der Waals surface area contributed by atoms with Crippen molar-refractivity contribution in [3.05, 3.63) is 59.2 Å². The summed E-state index contributed by atoms with van der Waals surface area (Å²) in [5.41, 5.74) is 1.66. The quantitative estimate of drug-likeness (QED) is 0.651. The van der Waals surface area contributed by atoms with Crippen molar-refractivity contribution < 1.29 is 9.47 Å². The summed E-state index contributed by atoms with van der Waals surface area (Å²) in [6.45, 7) is 0.493. The number of rotatable bonds is 7. The van der Waals surface area contributed by atoms with E-state index in [1.54, 1.807) is 14.2 Å². The fraction of sp³-hybridized carbons (Fsp3) is 0.167. The lowest BCUT2D eigenvalue weighted by molar-refractivity contribution is 0.405. The van der Waals surface area contributed by atoms with Crippen LogP contribution in [0.5, 0.6) is 11.5 Å². The molecule has 0 bridgehead atoms. The Bertz CT molecular complexity index is 891. The highest BCUT2D eigenvalue weighted by atomic mass is 35.5. The molecule has 0 aliphatic rings. The Balaban J connectivity index is 1.74. The summed E-state index contributed by atoms with van der Waals surface area (Å²) in [6.07, 6.45) is 1.53. The summed E-state index contributed by atoms with van der Waals surface area (Å²) in [5.74, 6) is 2.27. The minimum absolute atomic E-state index is 0.386. The number of nitrogens with zero attached hydrogens (tertiary/aromatic N) is 3. The van der Waals surface area contributed by atoms with Crippen LogP contribution < -0.4 is 20.1 Å². The van der Waals surface area contributed by atoms with E-state index in [-0.39, 0.29) is 0 Å². The molecule has 7 nitrogen and oxygen atoms in total. The normalized spacial score (nSPS) is 10.3. The average Bonchev–Trinajstić information content (AvgIpc) is 2.67. The van der Waals surface area contributed by atoms with Gasteiger partial charge in [-0.3, -0.25) is 0 Å². The Labute approximate surface area is 156 Å². The van der Waals surface area contributed by atoms with Gasteiger partial charge in [0.1, 0.15) is 11.5 Å². The van der Waals surface area contributed by atoms with Crippen LogP contribution in [0.4, 0.5) is 17.5 Å². The Morgan fingerprint density at radius 3 is 2.69 bits per heavy atom. The van der Waals surface area contributed by atoms with Crippen molar-refractivity contribution >= 4 is 29.1 Å². The van der Waals surface area contributed by atoms with Crippen molar-refractivity contribution in [1.29, 1.82) is 0 Å². The Kier molecular flexibility index (Phi) is 5.70. The second kappa shape index (κ2) is 8.35. The van der Waals surface area contributed by atoms with Crippen LogP contribution in [0.25, 0.3) is 0 Å². The zero-order valence-corrected chi connectivity index (χ0v) is 15.1. The highest BCUT2D eigenvalue weighted by Crippen LogP contribution is 2.30. The maximum Gasteiger partial charge on any atom is 0.244 e. The maximum absolute atomic E-state index is 6.16. The number of nitrogens with one attached hydrogen (secondary N) is 2. The molecular weight excluding hydrogens is 354 g/mol. The van der Waals surface area contributed by atoms with Crippen molar-refractivity contribution in [2.45, 2.75) is 6.54 Å². The molecule has 0 saturated heterocycles. The van der Waals surface area contributed by atoms with E-state index in [4.69, 9.17) is 21.1 Å². The molecule has 0 spiro atoms. The molecule has 2 aromatic carbocycles. The lowest BCUT2D eigenvalue weighted by Crippen LogP contribution is -2.07. The standard InChI is InChI=1S/C18H18ClN5O2/c1-25-13-7-8-16(26-2)15(9-13)22-17-11-21-24-18(23-17)20-10-12-5-3-4-6-14(12)19/h3-9,11H,10H2,1-2H3,(H2,20,22,23,24). The van der Waals surface area contributed by atoms with E-state index in [1.165, 1.54) is 6.20 Å². The van der Waals surface area contributed by atoms with Gasteiger partial charge in [0.2, 0.25) is 5.95 Å². The molecule has 8 heteroatoms. The smallest absolute Gasteiger partial charge is 0.244 e. The molecule has 3 rings (SSSR count).